The first-order chi connectivity index (χ1) is 6.54. The normalized spacial score (nSPS) is 9.71. The highest BCUT2D eigenvalue weighted by Gasteiger charge is 2.14. The number of carbonyl (C=O) groups is 1. The van der Waals surface area contributed by atoms with Gasteiger partial charge in [-0.1, -0.05) is 6.07 Å². The zero-order valence-electron chi connectivity index (χ0n) is 8.02. The lowest BCUT2D eigenvalue weighted by Gasteiger charge is -2.06. The summed E-state index contributed by atoms with van der Waals surface area (Å²) in [6.45, 7) is 1.41. The van der Waals surface area contributed by atoms with Gasteiger partial charge in [0.1, 0.15) is 5.75 Å². The molecule has 0 atom stereocenters. The molecule has 1 aromatic carbocycles. The fourth-order valence-electron chi connectivity index (χ4n) is 1.09. The van der Waals surface area contributed by atoms with Gasteiger partial charge in [-0.05, 0) is 24.5 Å². The van der Waals surface area contributed by atoms with Crippen molar-refractivity contribution in [1.82, 2.24) is 0 Å². The minimum absolute atomic E-state index is 0.147. The molecule has 5 heteroatoms. The van der Waals surface area contributed by atoms with Crippen molar-refractivity contribution in [2.45, 2.75) is 6.92 Å². The molecule has 0 fully saturated rings. The number of hydrogen-bond donors (Lipinski definition) is 2. The molecule has 0 aliphatic rings. The smallest absolute Gasteiger partial charge is 0.488 e. The summed E-state index contributed by atoms with van der Waals surface area (Å²) in [7, 11) is -0.143. The summed E-state index contributed by atoms with van der Waals surface area (Å²) in [4.78, 5) is 11.1. The van der Waals surface area contributed by atoms with Gasteiger partial charge < -0.3 is 14.8 Å². The predicted octanol–water partition coefficient (Wildman–Crippen LogP) is -0.422. The van der Waals surface area contributed by atoms with Crippen LogP contribution in [0.5, 0.6) is 5.75 Å². The van der Waals surface area contributed by atoms with Crippen LogP contribution < -0.4 is 10.2 Å². The van der Waals surface area contributed by atoms with Gasteiger partial charge in [0.05, 0.1) is 7.11 Å². The minimum Gasteiger partial charge on any atom is -0.497 e. The molecular formula is C9H11BO4. The van der Waals surface area contributed by atoms with Crippen LogP contribution in [-0.4, -0.2) is 30.1 Å². The first-order valence-corrected chi connectivity index (χ1v) is 4.10. The molecule has 0 unspecified atom stereocenters. The molecule has 0 saturated heterocycles. The topological polar surface area (TPSA) is 66.8 Å². The first kappa shape index (κ1) is 10.8. The summed E-state index contributed by atoms with van der Waals surface area (Å²) in [5.74, 6) is 0.284. The number of Topliss-reactive ketones (excluding diaryl/α,β-unsaturated/α-hetero) is 1. The summed E-state index contributed by atoms with van der Waals surface area (Å²) < 4.78 is 4.92. The van der Waals surface area contributed by atoms with Gasteiger partial charge >= 0.3 is 7.12 Å². The number of benzene rings is 1. The van der Waals surface area contributed by atoms with E-state index in [1.54, 1.807) is 6.07 Å². The maximum absolute atomic E-state index is 11.1. The van der Waals surface area contributed by atoms with Crippen LogP contribution in [0.2, 0.25) is 0 Å². The van der Waals surface area contributed by atoms with E-state index in [9.17, 15) is 4.79 Å². The van der Waals surface area contributed by atoms with Crippen molar-refractivity contribution in [3.05, 3.63) is 23.8 Å². The van der Waals surface area contributed by atoms with Crippen molar-refractivity contribution in [3.8, 4) is 5.75 Å². The standard InChI is InChI=1S/C9H11BO4/c1-6(11)7-3-8(10(12)13)5-9(4-7)14-2/h3-5,12-13H,1-2H3. The van der Waals surface area contributed by atoms with Crippen molar-refractivity contribution < 1.29 is 19.6 Å². The van der Waals surface area contributed by atoms with Gasteiger partial charge in [-0.15, -0.1) is 0 Å². The summed E-state index contributed by atoms with van der Waals surface area (Å²) in [5.41, 5.74) is 0.641. The second-order valence-corrected chi connectivity index (χ2v) is 2.92. The van der Waals surface area contributed by atoms with Gasteiger partial charge in [0.2, 0.25) is 0 Å². The lowest BCUT2D eigenvalue weighted by Crippen LogP contribution is -2.30. The van der Waals surface area contributed by atoms with Crippen molar-refractivity contribution >= 4 is 18.4 Å². The highest BCUT2D eigenvalue weighted by molar-refractivity contribution is 6.58. The zero-order valence-corrected chi connectivity index (χ0v) is 8.02. The Balaban J connectivity index is 3.20. The molecule has 1 rings (SSSR count). The van der Waals surface area contributed by atoms with E-state index in [1.165, 1.54) is 26.2 Å². The number of carbonyl (C=O) groups excluding carboxylic acids is 1. The van der Waals surface area contributed by atoms with Crippen LogP contribution in [0, 0.1) is 0 Å². The third-order valence-corrected chi connectivity index (χ3v) is 1.87. The molecule has 1 aromatic rings. The second-order valence-electron chi connectivity index (χ2n) is 2.92. The number of ketones is 1. The Labute approximate surface area is 82.3 Å². The van der Waals surface area contributed by atoms with Crippen molar-refractivity contribution in [3.63, 3.8) is 0 Å². The molecule has 14 heavy (non-hydrogen) atoms. The van der Waals surface area contributed by atoms with E-state index in [0.717, 1.165) is 0 Å². The SMILES string of the molecule is COc1cc(B(O)O)cc(C(C)=O)c1. The lowest BCUT2D eigenvalue weighted by molar-refractivity contribution is 0.101. The molecule has 74 valence electrons. The number of methoxy groups -OCH3 is 1. The van der Waals surface area contributed by atoms with Crippen LogP contribution in [-0.2, 0) is 0 Å². The molecule has 0 radical (unpaired) electrons. The lowest BCUT2D eigenvalue weighted by atomic mass is 9.79. The van der Waals surface area contributed by atoms with Crippen LogP contribution in [0.4, 0.5) is 0 Å². The Kier molecular flexibility index (Phi) is 3.27. The predicted molar refractivity (Wildman–Crippen MR) is 52.8 cm³/mol. The van der Waals surface area contributed by atoms with E-state index in [2.05, 4.69) is 0 Å². The third kappa shape index (κ3) is 2.34. The van der Waals surface area contributed by atoms with Gasteiger partial charge in [0.15, 0.2) is 5.78 Å². The fraction of sp³-hybridized carbons (Fsp3) is 0.222. The summed E-state index contributed by atoms with van der Waals surface area (Å²) in [6, 6.07) is 4.45. The van der Waals surface area contributed by atoms with Gasteiger partial charge in [-0.2, -0.15) is 0 Å². The van der Waals surface area contributed by atoms with E-state index < -0.39 is 7.12 Å². The maximum Gasteiger partial charge on any atom is 0.488 e. The third-order valence-electron chi connectivity index (χ3n) is 1.87. The van der Waals surface area contributed by atoms with Gasteiger partial charge in [0.25, 0.3) is 0 Å². The summed E-state index contributed by atoms with van der Waals surface area (Å²) >= 11 is 0. The highest BCUT2D eigenvalue weighted by Crippen LogP contribution is 2.11. The number of hydrogen-bond acceptors (Lipinski definition) is 4. The molecular weight excluding hydrogens is 183 g/mol. The number of rotatable bonds is 3. The van der Waals surface area contributed by atoms with E-state index in [0.29, 0.717) is 11.3 Å². The Hall–Kier alpha value is -1.33. The Morgan fingerprint density at radius 2 is 2.00 bits per heavy atom. The Morgan fingerprint density at radius 3 is 2.43 bits per heavy atom. The fourth-order valence-corrected chi connectivity index (χ4v) is 1.09. The number of ether oxygens (including phenoxy) is 1. The van der Waals surface area contributed by atoms with E-state index in [1.807, 2.05) is 0 Å². The van der Waals surface area contributed by atoms with E-state index in [-0.39, 0.29) is 11.2 Å². The quantitative estimate of drug-likeness (QED) is 0.506. The average molecular weight is 194 g/mol. The monoisotopic (exact) mass is 194 g/mol. The van der Waals surface area contributed by atoms with Crippen LogP contribution >= 0.6 is 0 Å². The van der Waals surface area contributed by atoms with Crippen LogP contribution in [0.15, 0.2) is 18.2 Å². The van der Waals surface area contributed by atoms with Gasteiger partial charge in [0, 0.05) is 5.56 Å². The van der Waals surface area contributed by atoms with Crippen LogP contribution in [0.3, 0.4) is 0 Å². The van der Waals surface area contributed by atoms with Crippen molar-refractivity contribution in [2.24, 2.45) is 0 Å². The minimum atomic E-state index is -1.59. The maximum atomic E-state index is 11.1. The molecule has 0 spiro atoms. The van der Waals surface area contributed by atoms with E-state index in [4.69, 9.17) is 14.8 Å². The first-order valence-electron chi connectivity index (χ1n) is 4.10. The molecule has 0 amide bonds. The van der Waals surface area contributed by atoms with Gasteiger partial charge in [-0.3, -0.25) is 4.79 Å². The molecule has 0 heterocycles. The zero-order chi connectivity index (χ0) is 10.7. The Bertz CT molecular complexity index is 349. The molecule has 2 N–H and O–H groups in total. The molecule has 0 saturated carbocycles. The van der Waals surface area contributed by atoms with Crippen LogP contribution in [0.1, 0.15) is 17.3 Å². The Morgan fingerprint density at radius 1 is 1.36 bits per heavy atom. The second kappa shape index (κ2) is 4.26. The summed E-state index contributed by atoms with van der Waals surface area (Å²) in [5, 5.41) is 17.9. The molecule has 0 aromatic heterocycles. The van der Waals surface area contributed by atoms with Crippen LogP contribution in [0.25, 0.3) is 0 Å². The molecule has 4 nitrogen and oxygen atoms in total. The van der Waals surface area contributed by atoms with Crippen molar-refractivity contribution in [1.29, 1.82) is 0 Å². The molecule has 0 aliphatic heterocycles. The van der Waals surface area contributed by atoms with Crippen molar-refractivity contribution in [2.75, 3.05) is 7.11 Å². The average Bonchev–Trinajstić information content (AvgIpc) is 2.16. The molecule has 0 bridgehead atoms. The summed E-state index contributed by atoms with van der Waals surface area (Å²) in [6.07, 6.45) is 0. The van der Waals surface area contributed by atoms with E-state index >= 15 is 0 Å². The largest absolute Gasteiger partial charge is 0.497 e. The highest BCUT2D eigenvalue weighted by atomic mass is 16.5. The van der Waals surface area contributed by atoms with Gasteiger partial charge in [-0.25, -0.2) is 0 Å². The molecule has 0 aliphatic carbocycles.